The highest BCUT2D eigenvalue weighted by Gasteiger charge is 2.44. The highest BCUT2D eigenvalue weighted by Crippen LogP contribution is 2.15. The molecule has 1 amide bonds. The van der Waals surface area contributed by atoms with Crippen LogP contribution in [0.15, 0.2) is 0 Å². The van der Waals surface area contributed by atoms with Crippen molar-refractivity contribution < 1.29 is 12.0 Å². The van der Waals surface area contributed by atoms with E-state index in [4.69, 9.17) is 0 Å². The van der Waals surface area contributed by atoms with Gasteiger partial charge in [-0.1, -0.05) is 0 Å². The quantitative estimate of drug-likeness (QED) is 0.578. The summed E-state index contributed by atoms with van der Waals surface area (Å²) in [6, 6.07) is 0. The number of halogens is 1. The molecule has 3 nitrogen and oxygen atoms in total. The third-order valence-corrected chi connectivity index (χ3v) is 1.55. The van der Waals surface area contributed by atoms with E-state index in [1.807, 2.05) is 0 Å². The first-order chi connectivity index (χ1) is 4.69. The molecule has 10 heavy (non-hydrogen) atoms. The van der Waals surface area contributed by atoms with E-state index in [9.17, 15) is 9.18 Å². The van der Waals surface area contributed by atoms with Gasteiger partial charge < -0.3 is 10.6 Å². The van der Waals surface area contributed by atoms with Crippen LogP contribution in [0.3, 0.4) is 0 Å². The Bertz CT molecular complexity index is 152. The molecule has 2 N–H and O–H groups in total. The molecule has 0 aromatic rings. The molecule has 1 heterocycles. The van der Waals surface area contributed by atoms with Crippen molar-refractivity contribution >= 4 is 5.91 Å². The van der Waals surface area contributed by atoms with E-state index < -0.39 is 11.6 Å². The van der Waals surface area contributed by atoms with E-state index in [0.717, 1.165) is 0 Å². The van der Waals surface area contributed by atoms with Crippen molar-refractivity contribution in [2.24, 2.45) is 0 Å². The molecule has 1 rings (SSSR count). The fraction of sp³-hybridized carbons (Fsp3) is 0.833. The Kier molecular flexibility index (Phi) is 1.89. The van der Waals surface area contributed by atoms with Gasteiger partial charge in [0.2, 0.25) is 5.67 Å². The summed E-state index contributed by atoms with van der Waals surface area (Å²) in [5, 5.41) is 5.14. The Labute approximate surface area is 62.0 Å². The smallest absolute Gasteiger partial charge is 0.260 e. The van der Waals surface area contributed by atoms with Crippen molar-refractivity contribution in [2.75, 3.05) is 19.6 Å². The van der Waals surface area contributed by atoms with E-state index in [0.29, 0.717) is 6.54 Å². The van der Waals surface area contributed by atoms with E-state index in [-0.39, 0.29) is 15.9 Å². The average molecular weight is 150 g/mol. The van der Waals surface area contributed by atoms with Gasteiger partial charge in [-0.05, 0) is 6.92 Å². The van der Waals surface area contributed by atoms with E-state index in [1.54, 1.807) is 6.92 Å². The first kappa shape index (κ1) is 7.47. The molecule has 0 spiro atoms. The summed E-state index contributed by atoms with van der Waals surface area (Å²) in [5.74, 6) is -0.492. The van der Waals surface area contributed by atoms with Gasteiger partial charge >= 0.3 is 0 Å². The summed E-state index contributed by atoms with van der Waals surface area (Å²) in [6.07, 6.45) is 0. The van der Waals surface area contributed by atoms with Gasteiger partial charge in [0.1, 0.15) is 0 Å². The summed E-state index contributed by atoms with van der Waals surface area (Å²) < 4.78 is 13.0. The zero-order valence-electron chi connectivity index (χ0n) is 5.91. The predicted octanol–water partition coefficient (Wildman–Crippen LogP) is -0.0740. The molecular weight excluding hydrogens is 135 g/mol. The molecule has 1 fully saturated rings. The highest BCUT2D eigenvalue weighted by atomic mass is 19.1. The van der Waals surface area contributed by atoms with Crippen molar-refractivity contribution in [3.63, 3.8) is 0 Å². The molecule has 0 unspecified atom stereocenters. The SMILES string of the molecule is CCNC(=O)C1(F)CNC1.[HH].[HH]. The Morgan fingerprint density at radius 2 is 2.50 bits per heavy atom. The van der Waals surface area contributed by atoms with E-state index in [2.05, 4.69) is 10.6 Å². The van der Waals surface area contributed by atoms with Crippen molar-refractivity contribution in [3.8, 4) is 0 Å². The number of nitrogens with one attached hydrogen (secondary N) is 2. The Morgan fingerprint density at radius 3 is 2.80 bits per heavy atom. The average Bonchev–Trinajstić information content (AvgIpc) is 1.83. The minimum absolute atomic E-state index is 0. The second-order valence-electron chi connectivity index (χ2n) is 2.43. The molecule has 0 saturated carbocycles. The lowest BCUT2D eigenvalue weighted by atomic mass is 9.99. The van der Waals surface area contributed by atoms with Crippen LogP contribution in [-0.4, -0.2) is 31.2 Å². The number of amides is 1. The van der Waals surface area contributed by atoms with Crippen LogP contribution in [0.2, 0.25) is 0 Å². The van der Waals surface area contributed by atoms with Crippen LogP contribution in [-0.2, 0) is 4.79 Å². The molecule has 0 aliphatic carbocycles. The van der Waals surface area contributed by atoms with Crippen LogP contribution in [0.4, 0.5) is 4.39 Å². The first-order valence-corrected chi connectivity index (χ1v) is 3.37. The first-order valence-electron chi connectivity index (χ1n) is 3.37. The molecule has 1 aliphatic heterocycles. The van der Waals surface area contributed by atoms with Gasteiger partial charge in [0, 0.05) is 22.5 Å². The number of alkyl halides is 1. The Hall–Kier alpha value is -0.640. The third kappa shape index (κ3) is 1.11. The van der Waals surface area contributed by atoms with E-state index >= 15 is 0 Å². The van der Waals surface area contributed by atoms with Crippen LogP contribution in [0.5, 0.6) is 0 Å². The summed E-state index contributed by atoms with van der Waals surface area (Å²) in [7, 11) is 0. The van der Waals surface area contributed by atoms with Crippen LogP contribution < -0.4 is 10.6 Å². The minimum Gasteiger partial charge on any atom is -0.354 e. The van der Waals surface area contributed by atoms with Gasteiger partial charge in [0.15, 0.2) is 0 Å². The Balaban J connectivity index is 0. The maximum Gasteiger partial charge on any atom is 0.260 e. The van der Waals surface area contributed by atoms with Gasteiger partial charge in [0.25, 0.3) is 5.91 Å². The minimum atomic E-state index is -1.63. The van der Waals surface area contributed by atoms with Gasteiger partial charge in [-0.25, -0.2) is 4.39 Å². The lowest BCUT2D eigenvalue weighted by molar-refractivity contribution is -0.135. The summed E-state index contributed by atoms with van der Waals surface area (Å²) in [6.45, 7) is 2.57. The number of hydrogen-bond donors (Lipinski definition) is 2. The number of hydrogen-bond acceptors (Lipinski definition) is 2. The third-order valence-electron chi connectivity index (χ3n) is 1.55. The molecule has 0 aromatic heterocycles. The van der Waals surface area contributed by atoms with Crippen LogP contribution in [0, 0.1) is 0 Å². The molecule has 0 radical (unpaired) electrons. The molecule has 1 saturated heterocycles. The Morgan fingerprint density at radius 1 is 1.90 bits per heavy atom. The monoisotopic (exact) mass is 150 g/mol. The van der Waals surface area contributed by atoms with Gasteiger partial charge in [0.05, 0.1) is 0 Å². The second kappa shape index (κ2) is 2.54. The number of carbonyl (C=O) groups is 1. The van der Waals surface area contributed by atoms with Crippen molar-refractivity contribution in [1.29, 1.82) is 0 Å². The molecule has 1 aliphatic rings. The standard InChI is InChI=1S/C6H11FN2O.2H2/c1-2-9-5(10)6(7)3-8-4-6;;/h8H,2-4H2,1H3,(H,9,10);2*1H. The molecule has 0 atom stereocenters. The summed E-state index contributed by atoms with van der Waals surface area (Å²) in [4.78, 5) is 10.8. The lowest BCUT2D eigenvalue weighted by Gasteiger charge is -2.32. The topological polar surface area (TPSA) is 41.1 Å². The largest absolute Gasteiger partial charge is 0.354 e. The summed E-state index contributed by atoms with van der Waals surface area (Å²) >= 11 is 0. The molecular formula is C6H15FN2O. The van der Waals surface area contributed by atoms with Gasteiger partial charge in [-0.3, -0.25) is 4.79 Å². The van der Waals surface area contributed by atoms with Crippen molar-refractivity contribution in [1.82, 2.24) is 10.6 Å². The normalized spacial score (nSPS) is 21.4. The number of rotatable bonds is 2. The van der Waals surface area contributed by atoms with Crippen molar-refractivity contribution in [2.45, 2.75) is 12.6 Å². The fourth-order valence-corrected chi connectivity index (χ4v) is 0.824. The number of carbonyl (C=O) groups excluding carboxylic acids is 1. The second-order valence-corrected chi connectivity index (χ2v) is 2.43. The maximum atomic E-state index is 13.0. The van der Waals surface area contributed by atoms with Crippen LogP contribution in [0.25, 0.3) is 0 Å². The summed E-state index contributed by atoms with van der Waals surface area (Å²) in [5.41, 5.74) is -1.63. The fourth-order valence-electron chi connectivity index (χ4n) is 0.824. The molecule has 0 aromatic carbocycles. The molecule has 62 valence electrons. The lowest BCUT2D eigenvalue weighted by Crippen LogP contribution is -2.64. The van der Waals surface area contributed by atoms with Crippen molar-refractivity contribution in [3.05, 3.63) is 0 Å². The van der Waals surface area contributed by atoms with Crippen LogP contribution in [0.1, 0.15) is 9.78 Å². The zero-order chi connectivity index (χ0) is 7.61. The van der Waals surface area contributed by atoms with Gasteiger partial charge in [-0.2, -0.15) is 0 Å². The van der Waals surface area contributed by atoms with Crippen LogP contribution >= 0.6 is 0 Å². The highest BCUT2D eigenvalue weighted by molar-refractivity contribution is 5.86. The zero-order valence-corrected chi connectivity index (χ0v) is 5.91. The maximum absolute atomic E-state index is 13.0. The molecule has 0 bridgehead atoms. The molecule has 4 heteroatoms. The van der Waals surface area contributed by atoms with Gasteiger partial charge in [-0.15, -0.1) is 0 Å². The predicted molar refractivity (Wildman–Crippen MR) is 39.6 cm³/mol. The van der Waals surface area contributed by atoms with E-state index in [1.165, 1.54) is 0 Å².